The summed E-state index contributed by atoms with van der Waals surface area (Å²) in [7, 11) is 0. The number of ketones is 1. The lowest BCUT2D eigenvalue weighted by Crippen LogP contribution is -2.18. The van der Waals surface area contributed by atoms with Gasteiger partial charge in [-0.2, -0.15) is 0 Å². The van der Waals surface area contributed by atoms with Crippen LogP contribution in [-0.2, 0) is 17.6 Å². The molecule has 90 valence electrons. The third kappa shape index (κ3) is 2.31. The van der Waals surface area contributed by atoms with Crippen molar-refractivity contribution in [2.45, 2.75) is 23.0 Å². The molecule has 0 N–H and O–H groups in total. The quantitative estimate of drug-likeness (QED) is 0.844. The molecule has 0 amide bonds. The van der Waals surface area contributed by atoms with E-state index in [9.17, 15) is 4.79 Å². The molecule has 3 heteroatoms. The van der Waals surface area contributed by atoms with E-state index in [0.717, 1.165) is 12.0 Å². The second-order valence-electron chi connectivity index (χ2n) is 4.42. The topological polar surface area (TPSA) is 30.0 Å². The van der Waals surface area contributed by atoms with Crippen LogP contribution < -0.4 is 0 Å². The highest BCUT2D eigenvalue weighted by Crippen LogP contribution is 2.37. The molecule has 0 saturated heterocycles. The Morgan fingerprint density at radius 3 is 2.78 bits per heavy atom. The number of hydrogen-bond acceptors (Lipinski definition) is 3. The Kier molecular flexibility index (Phi) is 3.15. The summed E-state index contributed by atoms with van der Waals surface area (Å²) in [6.45, 7) is 0. The van der Waals surface area contributed by atoms with Gasteiger partial charge in [-0.3, -0.25) is 9.78 Å². The maximum atomic E-state index is 12.2. The van der Waals surface area contributed by atoms with Gasteiger partial charge in [-0.15, -0.1) is 11.8 Å². The van der Waals surface area contributed by atoms with Crippen LogP contribution in [0.25, 0.3) is 0 Å². The Morgan fingerprint density at radius 1 is 1.22 bits per heavy atom. The number of Topliss-reactive ketones (excluding diaryl/α,β-unsaturated/α-hetero) is 1. The molecule has 0 bridgehead atoms. The average Bonchev–Trinajstić information content (AvgIpc) is 2.84. The van der Waals surface area contributed by atoms with Crippen LogP contribution in [-0.4, -0.2) is 16.0 Å². The molecule has 2 heterocycles. The number of pyridine rings is 1. The molecule has 2 nitrogen and oxygen atoms in total. The predicted octanol–water partition coefficient (Wildman–Crippen LogP) is 2.91. The normalized spacial score (nSPS) is 17.4. The molecule has 0 saturated carbocycles. The first kappa shape index (κ1) is 11.5. The summed E-state index contributed by atoms with van der Waals surface area (Å²) in [5.41, 5.74) is 2.35. The molecule has 2 aromatic rings. The maximum Gasteiger partial charge on any atom is 0.150 e. The van der Waals surface area contributed by atoms with Gasteiger partial charge in [0.05, 0.1) is 5.25 Å². The summed E-state index contributed by atoms with van der Waals surface area (Å²) < 4.78 is 0. The van der Waals surface area contributed by atoms with Crippen LogP contribution in [0.15, 0.2) is 53.7 Å². The Hall–Kier alpha value is -1.61. The minimum atomic E-state index is 0.0792. The monoisotopic (exact) mass is 255 g/mol. The zero-order chi connectivity index (χ0) is 12.4. The number of carbonyl (C=O) groups excluding carboxylic acids is 1. The molecule has 1 aromatic carbocycles. The number of thioether (sulfide) groups is 1. The van der Waals surface area contributed by atoms with Gasteiger partial charge in [0.2, 0.25) is 0 Å². The van der Waals surface area contributed by atoms with Crippen molar-refractivity contribution in [1.82, 2.24) is 4.98 Å². The summed E-state index contributed by atoms with van der Waals surface area (Å²) in [6.07, 6.45) is 4.84. The molecule has 1 atom stereocenters. The molecule has 18 heavy (non-hydrogen) atoms. The molecular formula is C15H13NOS. The van der Waals surface area contributed by atoms with Gasteiger partial charge in [-0.1, -0.05) is 18.2 Å². The van der Waals surface area contributed by atoms with Crippen molar-refractivity contribution in [3.05, 3.63) is 59.9 Å². The van der Waals surface area contributed by atoms with E-state index >= 15 is 0 Å². The van der Waals surface area contributed by atoms with E-state index in [0.29, 0.717) is 12.2 Å². The zero-order valence-electron chi connectivity index (χ0n) is 9.87. The standard InChI is InChI=1S/C15H13NOS/c17-13(9-11-5-7-16-8-6-11)15-10-12-3-1-2-4-14(12)18-15/h1-8,15H,9-10H2. The van der Waals surface area contributed by atoms with Crippen molar-refractivity contribution in [3.8, 4) is 0 Å². The van der Waals surface area contributed by atoms with Gasteiger partial charge in [-0.05, 0) is 35.7 Å². The number of aromatic nitrogens is 1. The van der Waals surface area contributed by atoms with Crippen LogP contribution in [0.3, 0.4) is 0 Å². The molecule has 1 aliphatic heterocycles. The van der Waals surface area contributed by atoms with Crippen molar-refractivity contribution in [2.75, 3.05) is 0 Å². The highest BCUT2D eigenvalue weighted by atomic mass is 32.2. The van der Waals surface area contributed by atoms with E-state index in [1.807, 2.05) is 24.3 Å². The maximum absolute atomic E-state index is 12.2. The second-order valence-corrected chi connectivity index (χ2v) is 5.66. The number of benzene rings is 1. The largest absolute Gasteiger partial charge is 0.298 e. The number of carbonyl (C=O) groups is 1. The fourth-order valence-electron chi connectivity index (χ4n) is 2.18. The minimum Gasteiger partial charge on any atom is -0.298 e. The molecule has 0 radical (unpaired) electrons. The van der Waals surface area contributed by atoms with Gasteiger partial charge in [0, 0.05) is 23.7 Å². The van der Waals surface area contributed by atoms with Crippen LogP contribution in [0.5, 0.6) is 0 Å². The van der Waals surface area contributed by atoms with E-state index in [1.54, 1.807) is 24.2 Å². The van der Waals surface area contributed by atoms with E-state index in [-0.39, 0.29) is 5.25 Å². The SMILES string of the molecule is O=C(Cc1ccncc1)C1Cc2ccccc2S1. The molecule has 0 aliphatic carbocycles. The van der Waals surface area contributed by atoms with Gasteiger partial charge in [0.15, 0.2) is 5.78 Å². The van der Waals surface area contributed by atoms with Crippen molar-refractivity contribution >= 4 is 17.5 Å². The van der Waals surface area contributed by atoms with E-state index in [4.69, 9.17) is 0 Å². The molecule has 1 unspecified atom stereocenters. The molecule has 0 spiro atoms. The predicted molar refractivity (Wildman–Crippen MR) is 72.7 cm³/mol. The third-order valence-electron chi connectivity index (χ3n) is 3.13. The molecule has 0 fully saturated rings. The van der Waals surface area contributed by atoms with E-state index < -0.39 is 0 Å². The second kappa shape index (κ2) is 4.94. The van der Waals surface area contributed by atoms with Gasteiger partial charge < -0.3 is 0 Å². The Morgan fingerprint density at radius 2 is 2.00 bits per heavy atom. The molecule has 1 aromatic heterocycles. The zero-order valence-corrected chi connectivity index (χ0v) is 10.7. The summed E-state index contributed by atoms with van der Waals surface area (Å²) in [6, 6.07) is 12.1. The first-order valence-corrected chi connectivity index (χ1v) is 6.87. The van der Waals surface area contributed by atoms with Gasteiger partial charge in [-0.25, -0.2) is 0 Å². The van der Waals surface area contributed by atoms with Crippen LogP contribution >= 0.6 is 11.8 Å². The minimum absolute atomic E-state index is 0.0792. The van der Waals surface area contributed by atoms with Crippen LogP contribution in [0.1, 0.15) is 11.1 Å². The number of hydrogen-bond donors (Lipinski definition) is 0. The molecular weight excluding hydrogens is 242 g/mol. The summed E-state index contributed by atoms with van der Waals surface area (Å²) >= 11 is 1.70. The highest BCUT2D eigenvalue weighted by Gasteiger charge is 2.27. The smallest absolute Gasteiger partial charge is 0.150 e. The lowest BCUT2D eigenvalue weighted by molar-refractivity contribution is -0.117. The van der Waals surface area contributed by atoms with Crippen LogP contribution in [0.4, 0.5) is 0 Å². The fraction of sp³-hybridized carbons (Fsp3) is 0.200. The van der Waals surface area contributed by atoms with Crippen molar-refractivity contribution in [3.63, 3.8) is 0 Å². The Bertz CT molecular complexity index is 543. The molecule has 1 aliphatic rings. The fourth-order valence-corrected chi connectivity index (χ4v) is 3.42. The number of fused-ring (bicyclic) bond motifs is 1. The highest BCUT2D eigenvalue weighted by molar-refractivity contribution is 8.01. The van der Waals surface area contributed by atoms with Gasteiger partial charge in [0.25, 0.3) is 0 Å². The first-order valence-electron chi connectivity index (χ1n) is 5.99. The lowest BCUT2D eigenvalue weighted by atomic mass is 10.0. The Balaban J connectivity index is 1.70. The summed E-state index contributed by atoms with van der Waals surface area (Å²) in [4.78, 5) is 17.5. The van der Waals surface area contributed by atoms with E-state index in [1.165, 1.54) is 10.5 Å². The van der Waals surface area contributed by atoms with Crippen LogP contribution in [0, 0.1) is 0 Å². The Labute approximate surface area is 110 Å². The van der Waals surface area contributed by atoms with Gasteiger partial charge >= 0.3 is 0 Å². The van der Waals surface area contributed by atoms with Crippen LogP contribution in [0.2, 0.25) is 0 Å². The van der Waals surface area contributed by atoms with Gasteiger partial charge in [0.1, 0.15) is 0 Å². The first-order chi connectivity index (χ1) is 8.83. The summed E-state index contributed by atoms with van der Waals surface area (Å²) in [5, 5.41) is 0.0792. The summed E-state index contributed by atoms with van der Waals surface area (Å²) in [5.74, 6) is 0.308. The average molecular weight is 255 g/mol. The van der Waals surface area contributed by atoms with Crippen molar-refractivity contribution in [2.24, 2.45) is 0 Å². The lowest BCUT2D eigenvalue weighted by Gasteiger charge is -2.06. The van der Waals surface area contributed by atoms with Crippen molar-refractivity contribution in [1.29, 1.82) is 0 Å². The van der Waals surface area contributed by atoms with Crippen molar-refractivity contribution < 1.29 is 4.79 Å². The van der Waals surface area contributed by atoms with E-state index in [2.05, 4.69) is 17.1 Å². The number of rotatable bonds is 3. The third-order valence-corrected chi connectivity index (χ3v) is 4.50. The molecule has 3 rings (SSSR count). The number of nitrogens with zero attached hydrogens (tertiary/aromatic N) is 1.